The molecule has 8 aliphatic rings. The predicted octanol–water partition coefficient (Wildman–Crippen LogP) is 17.3. The van der Waals surface area contributed by atoms with E-state index in [4.69, 9.17) is 0 Å². The summed E-state index contributed by atoms with van der Waals surface area (Å²) in [6.45, 7) is 27.8. The zero-order valence-electron chi connectivity index (χ0n) is 53.1. The number of fused-ring (bicyclic) bond motifs is 10. The van der Waals surface area contributed by atoms with Gasteiger partial charge in [0.15, 0.2) is 0 Å². The first kappa shape index (κ1) is 70.0. The molecule has 6 saturated carbocycles. The normalized spacial score (nSPS) is 34.4. The van der Waals surface area contributed by atoms with Gasteiger partial charge in [-0.2, -0.15) is 0 Å². The van der Waals surface area contributed by atoms with Crippen LogP contribution < -0.4 is 10.2 Å². The number of Topliss-reactive ketones (excluding diaryl/α,β-unsaturated/α-hetero) is 4. The van der Waals surface area contributed by atoms with Crippen LogP contribution in [-0.4, -0.2) is 35.3 Å². The fourth-order valence-electron chi connectivity index (χ4n) is 19.0. The van der Waals surface area contributed by atoms with E-state index < -0.39 is 0 Å². The van der Waals surface area contributed by atoms with Crippen LogP contribution in [0.25, 0.3) is 0 Å². The summed E-state index contributed by atoms with van der Waals surface area (Å²) in [6, 6.07) is 17.4. The number of carbonyl (C=O) groups excluding carboxylic acids is 4. The zero-order chi connectivity index (χ0) is 58.2. The Labute approximate surface area is 520 Å². The second-order valence-corrected chi connectivity index (χ2v) is 29.3. The second-order valence-electron chi connectivity index (χ2n) is 29.3. The molecule has 0 bridgehead atoms. The molecule has 8 heteroatoms. The van der Waals surface area contributed by atoms with Crippen LogP contribution in [0.2, 0.25) is 0 Å². The molecule has 452 valence electrons. The van der Waals surface area contributed by atoms with E-state index in [9.17, 15) is 29.4 Å². The summed E-state index contributed by atoms with van der Waals surface area (Å²) in [5.74, 6) is 9.84. The standard InChI is InChI=1S/2C27H45O.2C10H9O2.ClH.Ti/c2*1-18(2)7-6-8-19(3)23-11-12-24-22-10-9-20-17-21(28)13-15-26(20,4)25(22)14-16-27(23,24)5;2*1-8(11)7-10(12)9-5-3-2-4-6-9;;/h2*9,18-19,21-25H,6-8,10-17H2,1-5H3;2*2-7H,1H3;1H;/q4*-1;;+4/t2*19-,21-,22-,23?,24?,25?,26-,27+;;;;/m00..../s1. The minimum atomic E-state index is -0.327. The van der Waals surface area contributed by atoms with Crippen LogP contribution in [0.5, 0.6) is 0 Å². The summed E-state index contributed by atoms with van der Waals surface area (Å²) < 4.78 is 0. The van der Waals surface area contributed by atoms with Gasteiger partial charge in [-0.1, -0.05) is 180 Å². The van der Waals surface area contributed by atoms with Crippen LogP contribution in [0, 0.1) is 106 Å². The van der Waals surface area contributed by atoms with Crippen LogP contribution in [-0.2, 0) is 31.3 Å². The SMILES string of the molecule is CC(=O)[CH-]C(=O)c1ccccc1.CC(=O)[CH-]C(=O)c1ccccc1.CC(C)CCC[C@H](C)C1CCC2[C@@H]3CC=C4C[C@@H]([O-])CC[C@]4(C)C3CC[C@@]21C.CC(C)CCC[C@H](C)C1CCC2[C@@H]3CC=C4C[C@@H]([O-])CC[C@]4(C)C3CC[C@@]21C.Cl.[Ti+4]. The van der Waals surface area contributed by atoms with Crippen molar-refractivity contribution in [2.45, 2.75) is 237 Å². The minimum absolute atomic E-state index is 0. The Morgan fingerprint density at radius 2 is 0.854 bits per heavy atom. The van der Waals surface area contributed by atoms with Crippen LogP contribution in [0.15, 0.2) is 84.0 Å². The van der Waals surface area contributed by atoms with Gasteiger partial charge in [0.05, 0.1) is 11.6 Å². The molecule has 0 radical (unpaired) electrons. The first-order valence-electron chi connectivity index (χ1n) is 32.5. The van der Waals surface area contributed by atoms with Crippen LogP contribution >= 0.6 is 12.4 Å². The number of hydrogen-bond acceptors (Lipinski definition) is 6. The van der Waals surface area contributed by atoms with E-state index in [-0.39, 0.29) is 69.5 Å². The maximum Gasteiger partial charge on any atom is 4.00 e. The van der Waals surface area contributed by atoms with Gasteiger partial charge in [-0.05, 0) is 196 Å². The van der Waals surface area contributed by atoms with Crippen molar-refractivity contribution in [1.29, 1.82) is 0 Å². The Hall–Kier alpha value is -2.74. The summed E-state index contributed by atoms with van der Waals surface area (Å²) >= 11 is 0. The summed E-state index contributed by atoms with van der Waals surface area (Å²) in [5.41, 5.74) is 6.07. The van der Waals surface area contributed by atoms with Gasteiger partial charge in [0, 0.05) is 11.6 Å². The molecule has 0 amide bonds. The van der Waals surface area contributed by atoms with E-state index in [0.717, 1.165) is 122 Å². The van der Waals surface area contributed by atoms with Crippen molar-refractivity contribution >= 4 is 35.5 Å². The smallest absolute Gasteiger partial charge is 0.852 e. The number of rotatable bonds is 16. The van der Waals surface area contributed by atoms with E-state index in [1.54, 1.807) is 59.7 Å². The molecule has 8 aliphatic carbocycles. The number of benzene rings is 2. The van der Waals surface area contributed by atoms with Crippen molar-refractivity contribution < 1.29 is 51.1 Å². The maximum absolute atomic E-state index is 12.1. The van der Waals surface area contributed by atoms with Gasteiger partial charge < -0.3 is 29.4 Å². The fraction of sp³-hybridized carbons (Fsp3) is 0.703. The molecule has 0 spiro atoms. The quantitative estimate of drug-likeness (QED) is 0.0544. The van der Waals surface area contributed by atoms with E-state index >= 15 is 0 Å². The van der Waals surface area contributed by atoms with Crippen molar-refractivity contribution in [2.24, 2.45) is 92.7 Å². The van der Waals surface area contributed by atoms with Gasteiger partial charge >= 0.3 is 21.7 Å². The van der Waals surface area contributed by atoms with Crippen molar-refractivity contribution in [3.8, 4) is 0 Å². The summed E-state index contributed by atoms with van der Waals surface area (Å²) in [5, 5.41) is 24.3. The monoisotopic (exact) mass is 1180 g/mol. The average Bonchev–Trinajstić information content (AvgIpc) is 4.02. The van der Waals surface area contributed by atoms with Crippen LogP contribution in [0.1, 0.15) is 245 Å². The van der Waals surface area contributed by atoms with Gasteiger partial charge in [0.2, 0.25) is 0 Å². The van der Waals surface area contributed by atoms with Crippen molar-refractivity contribution in [3.05, 3.63) is 108 Å². The summed E-state index contributed by atoms with van der Waals surface area (Å²) in [4.78, 5) is 43.5. The Bertz CT molecular complexity index is 2260. The molecule has 10 rings (SSSR count). The Kier molecular flexibility index (Phi) is 26.3. The minimum Gasteiger partial charge on any atom is -0.852 e. The third-order valence-corrected chi connectivity index (χ3v) is 23.3. The zero-order valence-corrected chi connectivity index (χ0v) is 55.5. The van der Waals surface area contributed by atoms with E-state index in [2.05, 4.69) is 81.4 Å². The molecule has 2 aromatic rings. The molecule has 82 heavy (non-hydrogen) atoms. The average molecular weight is 1180 g/mol. The molecular formula is C74H109ClO6Ti. The van der Waals surface area contributed by atoms with Gasteiger partial charge in [0.25, 0.3) is 0 Å². The first-order valence-corrected chi connectivity index (χ1v) is 32.5. The number of allylic oxidation sites excluding steroid dienone is 2. The summed E-state index contributed by atoms with van der Waals surface area (Å²) in [7, 11) is 0. The van der Waals surface area contributed by atoms with Crippen molar-refractivity contribution in [1.82, 2.24) is 0 Å². The molecule has 6 unspecified atom stereocenters. The van der Waals surface area contributed by atoms with E-state index in [1.807, 2.05) is 12.1 Å². The molecule has 0 heterocycles. The Balaban J connectivity index is 0.000000214. The maximum atomic E-state index is 12.1. The molecule has 0 aliphatic heterocycles. The molecule has 6 nitrogen and oxygen atoms in total. The molecule has 0 saturated heterocycles. The number of hydrogen-bond donors (Lipinski definition) is 0. The van der Waals surface area contributed by atoms with Crippen LogP contribution in [0.4, 0.5) is 0 Å². The van der Waals surface area contributed by atoms with Crippen molar-refractivity contribution in [2.75, 3.05) is 0 Å². The Morgan fingerprint density at radius 3 is 1.18 bits per heavy atom. The molecule has 2 aromatic carbocycles. The van der Waals surface area contributed by atoms with Gasteiger partial charge in [-0.25, -0.2) is 0 Å². The topological polar surface area (TPSA) is 114 Å². The number of carbonyl (C=O) groups is 4. The molecular weight excluding hydrogens is 1070 g/mol. The van der Waals surface area contributed by atoms with Crippen molar-refractivity contribution in [3.63, 3.8) is 0 Å². The Morgan fingerprint density at radius 1 is 0.500 bits per heavy atom. The largest absolute Gasteiger partial charge is 4.00 e. The molecule has 6 fully saturated rings. The third-order valence-electron chi connectivity index (χ3n) is 23.3. The molecule has 0 aromatic heterocycles. The fourth-order valence-corrected chi connectivity index (χ4v) is 19.0. The second kappa shape index (κ2) is 30.8. The number of halogens is 1. The first-order chi connectivity index (χ1) is 37.9. The van der Waals surface area contributed by atoms with E-state index in [1.165, 1.54) is 117 Å². The van der Waals surface area contributed by atoms with E-state index in [0.29, 0.717) is 32.8 Å². The molecule has 0 N–H and O–H groups in total. The van der Waals surface area contributed by atoms with Gasteiger partial charge in [0.1, 0.15) is 0 Å². The third kappa shape index (κ3) is 16.5. The molecule has 16 atom stereocenters. The summed E-state index contributed by atoms with van der Waals surface area (Å²) in [6.07, 6.45) is 35.2. The van der Waals surface area contributed by atoms with Gasteiger partial charge in [-0.15, -0.1) is 72.8 Å². The van der Waals surface area contributed by atoms with Crippen LogP contribution in [0.3, 0.4) is 0 Å². The number of ketones is 4. The predicted molar refractivity (Wildman–Crippen MR) is 332 cm³/mol. The van der Waals surface area contributed by atoms with Gasteiger partial charge in [-0.3, -0.25) is 0 Å².